The predicted octanol–water partition coefficient (Wildman–Crippen LogP) is 2.68. The monoisotopic (exact) mass is 337 g/mol. The van der Waals surface area contributed by atoms with Crippen LogP contribution in [0.25, 0.3) is 22.3 Å². The van der Waals surface area contributed by atoms with Crippen molar-refractivity contribution in [2.45, 2.75) is 6.54 Å². The Morgan fingerprint density at radius 1 is 1.20 bits per heavy atom. The fraction of sp³-hybridized carbons (Fsp3) is 0.0588. The highest BCUT2D eigenvalue weighted by Gasteiger charge is 2.13. The minimum atomic E-state index is -0.354. The van der Waals surface area contributed by atoms with Crippen molar-refractivity contribution in [3.8, 4) is 11.4 Å². The Morgan fingerprint density at radius 3 is 2.88 bits per heavy atom. The van der Waals surface area contributed by atoms with E-state index >= 15 is 0 Å². The second-order valence-electron chi connectivity index (χ2n) is 5.34. The van der Waals surface area contributed by atoms with Crippen molar-refractivity contribution in [2.75, 3.05) is 0 Å². The molecule has 124 valence electrons. The first-order valence-corrected chi connectivity index (χ1v) is 7.48. The molecule has 0 unspecified atom stereocenters. The highest BCUT2D eigenvalue weighted by molar-refractivity contribution is 5.97. The van der Waals surface area contributed by atoms with E-state index in [9.17, 15) is 9.18 Å². The third-order valence-corrected chi connectivity index (χ3v) is 3.63. The molecular weight excluding hydrogens is 325 g/mol. The average Bonchev–Trinajstić information content (AvgIpc) is 3.27. The van der Waals surface area contributed by atoms with E-state index in [2.05, 4.69) is 25.4 Å². The Balaban J connectivity index is 1.45. The smallest absolute Gasteiger partial charge is 0.268 e. The number of pyridine rings is 1. The van der Waals surface area contributed by atoms with Gasteiger partial charge in [0.2, 0.25) is 11.7 Å². The molecule has 0 saturated carbocycles. The summed E-state index contributed by atoms with van der Waals surface area (Å²) in [5.74, 6) is 0.00304. The molecule has 3 heterocycles. The number of halogens is 1. The molecule has 0 aliphatic carbocycles. The number of hydrogen-bond acceptors (Lipinski definition) is 5. The summed E-state index contributed by atoms with van der Waals surface area (Å²) in [5.41, 5.74) is 1.78. The van der Waals surface area contributed by atoms with Gasteiger partial charge in [-0.05, 0) is 36.4 Å². The number of H-pyrrole nitrogens is 1. The number of benzene rings is 1. The molecule has 7 nitrogen and oxygen atoms in total. The molecule has 8 heteroatoms. The minimum Gasteiger partial charge on any atom is -0.351 e. The molecule has 0 bridgehead atoms. The highest BCUT2D eigenvalue weighted by Crippen LogP contribution is 2.17. The summed E-state index contributed by atoms with van der Waals surface area (Å²) in [4.78, 5) is 23.3. The van der Waals surface area contributed by atoms with Gasteiger partial charge in [-0.15, -0.1) is 0 Å². The highest BCUT2D eigenvalue weighted by atomic mass is 19.1. The summed E-state index contributed by atoms with van der Waals surface area (Å²) in [6.07, 6.45) is 3.26. The lowest BCUT2D eigenvalue weighted by atomic mass is 10.2. The zero-order valence-electron chi connectivity index (χ0n) is 12.9. The fourth-order valence-electron chi connectivity index (χ4n) is 2.42. The van der Waals surface area contributed by atoms with Gasteiger partial charge in [-0.3, -0.25) is 9.78 Å². The summed E-state index contributed by atoms with van der Waals surface area (Å²) >= 11 is 0. The topological polar surface area (TPSA) is 96.7 Å². The minimum absolute atomic E-state index is 0.0840. The van der Waals surface area contributed by atoms with Crippen LogP contribution in [0.4, 0.5) is 4.39 Å². The van der Waals surface area contributed by atoms with Gasteiger partial charge in [0.15, 0.2) is 0 Å². The van der Waals surface area contributed by atoms with Crippen molar-refractivity contribution in [3.05, 3.63) is 66.2 Å². The van der Waals surface area contributed by atoms with E-state index in [0.29, 0.717) is 22.4 Å². The first-order chi connectivity index (χ1) is 12.2. The lowest BCUT2D eigenvalue weighted by molar-refractivity contribution is 0.0942. The molecule has 3 aromatic heterocycles. The third-order valence-electron chi connectivity index (χ3n) is 3.63. The Kier molecular flexibility index (Phi) is 3.70. The van der Waals surface area contributed by atoms with Crippen molar-refractivity contribution in [2.24, 2.45) is 0 Å². The van der Waals surface area contributed by atoms with Gasteiger partial charge in [-0.25, -0.2) is 4.39 Å². The standard InChI is InChI=1S/C17H12FN5O2/c18-12-1-2-13-11(7-12)8-14(21-13)17(24)20-9-15-22-16(23-25-15)10-3-5-19-6-4-10/h1-8,21H,9H2,(H,20,24). The van der Waals surface area contributed by atoms with Crippen molar-refractivity contribution in [1.82, 2.24) is 25.4 Å². The van der Waals surface area contributed by atoms with Crippen molar-refractivity contribution in [3.63, 3.8) is 0 Å². The first-order valence-electron chi connectivity index (χ1n) is 7.48. The maximum absolute atomic E-state index is 13.2. The molecule has 0 aliphatic rings. The van der Waals surface area contributed by atoms with Crippen LogP contribution in [0.2, 0.25) is 0 Å². The van der Waals surface area contributed by atoms with Crippen LogP contribution >= 0.6 is 0 Å². The van der Waals surface area contributed by atoms with E-state index in [1.54, 1.807) is 36.7 Å². The molecule has 0 fully saturated rings. The van der Waals surface area contributed by atoms with Crippen LogP contribution in [0.15, 0.2) is 53.3 Å². The fourth-order valence-corrected chi connectivity index (χ4v) is 2.42. The summed E-state index contributed by atoms with van der Waals surface area (Å²) in [5, 5.41) is 7.18. The van der Waals surface area contributed by atoms with Crippen LogP contribution in [-0.2, 0) is 6.54 Å². The summed E-state index contributed by atoms with van der Waals surface area (Å²) in [6.45, 7) is 0.0840. The van der Waals surface area contributed by atoms with Gasteiger partial charge in [0, 0.05) is 28.9 Å². The molecular formula is C17H12FN5O2. The first kappa shape index (κ1) is 15.0. The van der Waals surface area contributed by atoms with Crippen LogP contribution in [-0.4, -0.2) is 26.0 Å². The molecule has 0 aliphatic heterocycles. The van der Waals surface area contributed by atoms with Crippen LogP contribution < -0.4 is 5.32 Å². The lowest BCUT2D eigenvalue weighted by Gasteiger charge is -1.99. The molecule has 1 amide bonds. The van der Waals surface area contributed by atoms with Gasteiger partial charge in [-0.2, -0.15) is 4.98 Å². The number of fused-ring (bicyclic) bond motifs is 1. The van der Waals surface area contributed by atoms with Crippen molar-refractivity contribution < 1.29 is 13.7 Å². The van der Waals surface area contributed by atoms with E-state index in [4.69, 9.17) is 4.52 Å². The van der Waals surface area contributed by atoms with E-state index in [0.717, 1.165) is 5.56 Å². The molecule has 25 heavy (non-hydrogen) atoms. The molecule has 0 saturated heterocycles. The van der Waals surface area contributed by atoms with Gasteiger partial charge in [-0.1, -0.05) is 5.16 Å². The Bertz CT molecular complexity index is 1040. The van der Waals surface area contributed by atoms with Gasteiger partial charge >= 0.3 is 0 Å². The Labute approximate surface area is 140 Å². The van der Waals surface area contributed by atoms with Crippen LogP contribution in [0, 0.1) is 5.82 Å². The zero-order valence-corrected chi connectivity index (χ0v) is 12.9. The summed E-state index contributed by atoms with van der Waals surface area (Å²) < 4.78 is 18.3. The lowest BCUT2D eigenvalue weighted by Crippen LogP contribution is -2.23. The van der Waals surface area contributed by atoms with Crippen LogP contribution in [0.3, 0.4) is 0 Å². The Hall–Kier alpha value is -3.55. The van der Waals surface area contributed by atoms with Gasteiger partial charge < -0.3 is 14.8 Å². The molecule has 0 radical (unpaired) electrons. The second kappa shape index (κ2) is 6.16. The molecule has 4 aromatic rings. The maximum Gasteiger partial charge on any atom is 0.268 e. The zero-order chi connectivity index (χ0) is 17.2. The molecule has 0 spiro atoms. The van der Waals surface area contributed by atoms with Gasteiger partial charge in [0.05, 0.1) is 6.54 Å². The number of amides is 1. The van der Waals surface area contributed by atoms with E-state index in [-0.39, 0.29) is 24.2 Å². The number of nitrogens with one attached hydrogen (secondary N) is 2. The van der Waals surface area contributed by atoms with E-state index in [1.165, 1.54) is 12.1 Å². The van der Waals surface area contributed by atoms with Gasteiger partial charge in [0.25, 0.3) is 5.91 Å². The SMILES string of the molecule is O=C(NCc1nc(-c2ccncc2)no1)c1cc2cc(F)ccc2[nH]1. The third kappa shape index (κ3) is 3.09. The second-order valence-corrected chi connectivity index (χ2v) is 5.34. The molecule has 2 N–H and O–H groups in total. The number of carbonyl (C=O) groups is 1. The van der Waals surface area contributed by atoms with Crippen molar-refractivity contribution in [1.29, 1.82) is 0 Å². The van der Waals surface area contributed by atoms with E-state index < -0.39 is 0 Å². The number of nitrogens with zero attached hydrogens (tertiary/aromatic N) is 3. The number of carbonyl (C=O) groups excluding carboxylic acids is 1. The number of hydrogen-bond donors (Lipinski definition) is 2. The number of aromatic nitrogens is 4. The molecule has 1 aromatic carbocycles. The predicted molar refractivity (Wildman–Crippen MR) is 87.0 cm³/mol. The quantitative estimate of drug-likeness (QED) is 0.597. The van der Waals surface area contributed by atoms with E-state index in [1.807, 2.05) is 0 Å². The summed E-state index contributed by atoms with van der Waals surface area (Å²) in [6, 6.07) is 9.39. The van der Waals surface area contributed by atoms with Crippen molar-refractivity contribution >= 4 is 16.8 Å². The summed E-state index contributed by atoms with van der Waals surface area (Å²) in [7, 11) is 0. The maximum atomic E-state index is 13.2. The van der Waals surface area contributed by atoms with Crippen LogP contribution in [0.5, 0.6) is 0 Å². The number of aromatic amines is 1. The van der Waals surface area contributed by atoms with Crippen LogP contribution in [0.1, 0.15) is 16.4 Å². The van der Waals surface area contributed by atoms with Gasteiger partial charge in [0.1, 0.15) is 11.5 Å². The number of rotatable bonds is 4. The Morgan fingerprint density at radius 2 is 2.04 bits per heavy atom. The molecule has 0 atom stereocenters. The average molecular weight is 337 g/mol. The normalized spacial score (nSPS) is 10.9. The largest absolute Gasteiger partial charge is 0.351 e. The molecule has 4 rings (SSSR count).